The lowest BCUT2D eigenvalue weighted by Gasteiger charge is -2.08. The molecule has 0 aromatic carbocycles. The molecule has 0 unspecified atom stereocenters. The number of amides is 2. The van der Waals surface area contributed by atoms with Crippen molar-refractivity contribution in [2.75, 3.05) is 13.3 Å². The summed E-state index contributed by atoms with van der Waals surface area (Å²) in [7, 11) is -2.43. The van der Waals surface area contributed by atoms with Gasteiger partial charge in [0.2, 0.25) is 10.0 Å². The number of hydrogen-bond acceptors (Lipinski definition) is 4. The van der Waals surface area contributed by atoms with Crippen LogP contribution in [0.3, 0.4) is 0 Å². The molecule has 0 aliphatic carbocycles. The molecule has 7 heteroatoms. The molecular formula is C4H6N2O3S2. The van der Waals surface area contributed by atoms with Crippen LogP contribution in [-0.4, -0.2) is 37.2 Å². The average molecular weight is 194 g/mol. The van der Waals surface area contributed by atoms with Crippen molar-refractivity contribution >= 4 is 33.4 Å². The highest BCUT2D eigenvalue weighted by Gasteiger charge is 2.16. The molecule has 0 spiro atoms. The first-order chi connectivity index (χ1) is 4.89. The Hall–Kier alpha value is -0.780. The number of hydrogen-bond donors (Lipinski definition) is 0. The van der Waals surface area contributed by atoms with Crippen LogP contribution in [0.1, 0.15) is 0 Å². The monoisotopic (exact) mass is 194 g/mol. The fourth-order valence-electron chi connectivity index (χ4n) is 0.251. The van der Waals surface area contributed by atoms with Gasteiger partial charge >= 0.3 is 6.03 Å². The topological polar surface area (TPSA) is 66.8 Å². The van der Waals surface area contributed by atoms with Crippen LogP contribution in [0.5, 0.6) is 0 Å². The fourth-order valence-corrected chi connectivity index (χ4v) is 0.654. The molecule has 0 atom stereocenters. The molecule has 0 aliphatic heterocycles. The summed E-state index contributed by atoms with van der Waals surface area (Å²) in [6.45, 7) is 0. The number of urea groups is 1. The Kier molecular flexibility index (Phi) is 3.31. The summed E-state index contributed by atoms with van der Waals surface area (Å²) in [6.07, 6.45) is 0.893. The minimum absolute atomic E-state index is 0.478. The Morgan fingerprint density at radius 3 is 2.36 bits per heavy atom. The van der Waals surface area contributed by atoms with Crippen molar-refractivity contribution in [1.29, 1.82) is 0 Å². The van der Waals surface area contributed by atoms with Crippen molar-refractivity contribution in [2.45, 2.75) is 0 Å². The first kappa shape index (κ1) is 10.2. The summed E-state index contributed by atoms with van der Waals surface area (Å²) < 4.78 is 21.7. The quantitative estimate of drug-likeness (QED) is 0.438. The maximum absolute atomic E-state index is 10.6. The summed E-state index contributed by atoms with van der Waals surface area (Å²) in [4.78, 5) is 13.6. The smallest absolute Gasteiger partial charge is 0.244 e. The number of thiocarbonyl (C=S) groups is 1. The normalized spacial score (nSPS) is 10.0. The zero-order valence-corrected chi connectivity index (χ0v) is 7.57. The molecular weight excluding hydrogens is 188 g/mol. The van der Waals surface area contributed by atoms with E-state index in [0.29, 0.717) is 4.31 Å². The van der Waals surface area contributed by atoms with Crippen LogP contribution in [0.15, 0.2) is 4.99 Å². The molecule has 0 radical (unpaired) electrons. The second kappa shape index (κ2) is 3.56. The number of nitrogens with zero attached hydrogens (tertiary/aromatic N) is 2. The standard InChI is InChI=1S/C4H6N2O3S2/c1-6(11(2,8)9)4(7)5-3-10/h1-2H3. The van der Waals surface area contributed by atoms with Crippen molar-refractivity contribution in [3.05, 3.63) is 0 Å². The van der Waals surface area contributed by atoms with Crippen molar-refractivity contribution in [2.24, 2.45) is 4.99 Å². The van der Waals surface area contributed by atoms with E-state index in [4.69, 9.17) is 0 Å². The molecule has 0 rings (SSSR count). The predicted molar refractivity (Wildman–Crippen MR) is 43.0 cm³/mol. The third kappa shape index (κ3) is 3.22. The van der Waals surface area contributed by atoms with Gasteiger partial charge in [-0.05, 0) is 12.2 Å². The molecule has 0 N–H and O–H groups in total. The zero-order valence-electron chi connectivity index (χ0n) is 5.94. The summed E-state index contributed by atoms with van der Waals surface area (Å²) in [5.41, 5.74) is 0. The van der Waals surface area contributed by atoms with E-state index in [1.165, 1.54) is 0 Å². The van der Waals surface area contributed by atoms with Crippen molar-refractivity contribution in [3.63, 3.8) is 0 Å². The number of carbonyl (C=O) groups excluding carboxylic acids is 1. The van der Waals surface area contributed by atoms with Gasteiger partial charge in [0.25, 0.3) is 0 Å². The molecule has 5 nitrogen and oxygen atoms in total. The van der Waals surface area contributed by atoms with Gasteiger partial charge in [0.1, 0.15) is 0 Å². The first-order valence-corrected chi connectivity index (χ1v) is 4.71. The van der Waals surface area contributed by atoms with Crippen LogP contribution in [0.25, 0.3) is 0 Å². The molecule has 0 bridgehead atoms. The Morgan fingerprint density at radius 2 is 2.09 bits per heavy atom. The van der Waals surface area contributed by atoms with E-state index >= 15 is 0 Å². The summed E-state index contributed by atoms with van der Waals surface area (Å²) in [5, 5.41) is 1.77. The second-order valence-corrected chi connectivity index (χ2v) is 3.91. The zero-order chi connectivity index (χ0) is 9.07. The Balaban J connectivity index is 4.65. The van der Waals surface area contributed by atoms with Crippen LogP contribution in [0.4, 0.5) is 4.79 Å². The number of rotatable bonds is 1. The molecule has 0 saturated carbocycles. The van der Waals surface area contributed by atoms with Crippen LogP contribution in [-0.2, 0) is 10.0 Å². The molecule has 0 fully saturated rings. The highest BCUT2D eigenvalue weighted by atomic mass is 32.2. The number of isothiocyanates is 1. The Morgan fingerprint density at radius 1 is 1.64 bits per heavy atom. The van der Waals surface area contributed by atoms with Crippen LogP contribution in [0.2, 0.25) is 0 Å². The summed E-state index contributed by atoms with van der Waals surface area (Å²) in [5.74, 6) is 0. The lowest BCUT2D eigenvalue weighted by molar-refractivity contribution is 0.238. The minimum Gasteiger partial charge on any atom is -0.244 e. The molecule has 2 amide bonds. The fraction of sp³-hybridized carbons (Fsp3) is 0.500. The van der Waals surface area contributed by atoms with Gasteiger partial charge in [0, 0.05) is 7.05 Å². The molecule has 11 heavy (non-hydrogen) atoms. The predicted octanol–water partition coefficient (Wildman–Crippen LogP) is 0.101. The molecule has 0 aliphatic rings. The van der Waals surface area contributed by atoms with E-state index in [9.17, 15) is 13.2 Å². The van der Waals surface area contributed by atoms with E-state index in [2.05, 4.69) is 17.2 Å². The lowest BCUT2D eigenvalue weighted by Crippen LogP contribution is -2.29. The summed E-state index contributed by atoms with van der Waals surface area (Å²) >= 11 is 4.11. The van der Waals surface area contributed by atoms with Crippen molar-refractivity contribution in [1.82, 2.24) is 4.31 Å². The van der Waals surface area contributed by atoms with Gasteiger partial charge in [-0.25, -0.2) is 17.5 Å². The van der Waals surface area contributed by atoms with E-state index < -0.39 is 16.1 Å². The molecule has 0 aromatic rings. The lowest BCUT2D eigenvalue weighted by atomic mass is 11.0. The maximum Gasteiger partial charge on any atom is 0.365 e. The van der Waals surface area contributed by atoms with Crippen LogP contribution in [0, 0.1) is 0 Å². The summed E-state index contributed by atoms with van der Waals surface area (Å²) in [6, 6.07) is -0.942. The number of carbonyl (C=O) groups is 1. The van der Waals surface area contributed by atoms with Gasteiger partial charge in [0.15, 0.2) is 0 Å². The highest BCUT2D eigenvalue weighted by Crippen LogP contribution is 1.95. The third-order valence-electron chi connectivity index (χ3n) is 0.908. The number of aliphatic imine (C=N–C) groups is 1. The number of sulfonamides is 1. The SMILES string of the molecule is CN(C(=O)N=C=S)S(C)(=O)=O. The molecule has 0 saturated heterocycles. The van der Waals surface area contributed by atoms with E-state index in [0.717, 1.165) is 13.3 Å². The first-order valence-electron chi connectivity index (χ1n) is 2.45. The Bertz CT molecular complexity index is 301. The minimum atomic E-state index is -3.52. The van der Waals surface area contributed by atoms with Gasteiger partial charge in [-0.2, -0.15) is 0 Å². The average Bonchev–Trinajstić information content (AvgIpc) is 1.85. The maximum atomic E-state index is 10.6. The second-order valence-electron chi connectivity index (χ2n) is 1.72. The van der Waals surface area contributed by atoms with Crippen LogP contribution < -0.4 is 0 Å². The van der Waals surface area contributed by atoms with E-state index in [1.807, 2.05) is 0 Å². The highest BCUT2D eigenvalue weighted by molar-refractivity contribution is 7.88. The third-order valence-corrected chi connectivity index (χ3v) is 2.15. The van der Waals surface area contributed by atoms with Gasteiger partial charge < -0.3 is 0 Å². The van der Waals surface area contributed by atoms with Crippen molar-refractivity contribution in [3.8, 4) is 0 Å². The van der Waals surface area contributed by atoms with Gasteiger partial charge in [-0.3, -0.25) is 0 Å². The Labute approximate surface area is 69.8 Å². The van der Waals surface area contributed by atoms with Crippen molar-refractivity contribution < 1.29 is 13.2 Å². The molecule has 0 heterocycles. The van der Waals surface area contributed by atoms with Gasteiger partial charge in [0.05, 0.1) is 11.4 Å². The van der Waals surface area contributed by atoms with Gasteiger partial charge in [-0.1, -0.05) is 0 Å². The van der Waals surface area contributed by atoms with E-state index in [-0.39, 0.29) is 0 Å². The van der Waals surface area contributed by atoms with Gasteiger partial charge in [-0.15, -0.1) is 4.99 Å². The molecule has 62 valence electrons. The van der Waals surface area contributed by atoms with E-state index in [1.54, 1.807) is 5.16 Å². The van der Waals surface area contributed by atoms with Crippen LogP contribution >= 0.6 is 12.2 Å². The molecule has 0 aromatic heterocycles. The largest absolute Gasteiger partial charge is 0.365 e.